The predicted octanol–water partition coefficient (Wildman–Crippen LogP) is 1.46. The number of thioether (sulfide) groups is 1. The van der Waals surface area contributed by atoms with Crippen molar-refractivity contribution < 1.29 is 9.59 Å². The average Bonchev–Trinajstić information content (AvgIpc) is 2.49. The zero-order chi connectivity index (χ0) is 11.3. The molecule has 0 aromatic heterocycles. The number of urea groups is 1. The zero-order valence-electron chi connectivity index (χ0n) is 9.28. The number of nitrogens with one attached hydrogen (secondary N) is 1. The average molecular weight is 230 g/mol. The van der Waals surface area contributed by atoms with Crippen LogP contribution in [-0.4, -0.2) is 41.4 Å². The lowest BCUT2D eigenvalue weighted by Crippen LogP contribution is -2.32. The maximum atomic E-state index is 11.8. The molecule has 1 aliphatic heterocycles. The Hall–Kier alpha value is -0.710. The van der Waals surface area contributed by atoms with E-state index in [1.807, 2.05) is 13.2 Å². The summed E-state index contributed by atoms with van der Waals surface area (Å²) in [4.78, 5) is 24.6. The van der Waals surface area contributed by atoms with Gasteiger partial charge in [0.05, 0.1) is 0 Å². The minimum atomic E-state index is -0.290. The van der Waals surface area contributed by atoms with Crippen LogP contribution < -0.4 is 5.32 Å². The molecule has 0 bridgehead atoms. The minimum Gasteiger partial charge on any atom is -0.326 e. The van der Waals surface area contributed by atoms with Gasteiger partial charge in [0, 0.05) is 6.54 Å². The van der Waals surface area contributed by atoms with Gasteiger partial charge in [0.1, 0.15) is 6.04 Å². The van der Waals surface area contributed by atoms with E-state index in [1.165, 1.54) is 4.90 Å². The molecule has 1 atom stereocenters. The Bertz CT molecular complexity index is 246. The van der Waals surface area contributed by atoms with Crippen molar-refractivity contribution in [2.45, 2.75) is 32.2 Å². The van der Waals surface area contributed by atoms with E-state index in [0.29, 0.717) is 6.54 Å². The van der Waals surface area contributed by atoms with Gasteiger partial charge in [-0.1, -0.05) is 13.3 Å². The van der Waals surface area contributed by atoms with Crippen LogP contribution in [0, 0.1) is 0 Å². The SMILES string of the molecule is CCCCN1C(=O)NC(CCSC)C1=O. The summed E-state index contributed by atoms with van der Waals surface area (Å²) < 4.78 is 0. The van der Waals surface area contributed by atoms with Crippen LogP contribution in [0.15, 0.2) is 0 Å². The van der Waals surface area contributed by atoms with E-state index in [-0.39, 0.29) is 18.0 Å². The number of unbranched alkanes of at least 4 members (excludes halogenated alkanes) is 1. The summed E-state index contributed by atoms with van der Waals surface area (Å²) in [6, 6.07) is -0.513. The second kappa shape index (κ2) is 6.00. The number of carbonyl (C=O) groups is 2. The van der Waals surface area contributed by atoms with Crippen LogP contribution >= 0.6 is 11.8 Å². The van der Waals surface area contributed by atoms with Crippen LogP contribution in [0.25, 0.3) is 0 Å². The summed E-state index contributed by atoms with van der Waals surface area (Å²) in [6.07, 6.45) is 4.60. The molecular formula is C10H18N2O2S. The van der Waals surface area contributed by atoms with E-state index in [4.69, 9.17) is 0 Å². The summed E-state index contributed by atoms with van der Waals surface area (Å²) in [5.74, 6) is 0.848. The summed E-state index contributed by atoms with van der Waals surface area (Å²) >= 11 is 1.69. The third kappa shape index (κ3) is 3.12. The molecule has 1 saturated heterocycles. The molecule has 0 aliphatic carbocycles. The third-order valence-corrected chi connectivity index (χ3v) is 3.10. The highest BCUT2D eigenvalue weighted by molar-refractivity contribution is 7.98. The Labute approximate surface area is 94.8 Å². The molecule has 86 valence electrons. The number of hydrogen-bond donors (Lipinski definition) is 1. The summed E-state index contributed by atoms with van der Waals surface area (Å²) in [6.45, 7) is 2.60. The Balaban J connectivity index is 2.46. The van der Waals surface area contributed by atoms with E-state index in [1.54, 1.807) is 11.8 Å². The molecule has 15 heavy (non-hydrogen) atoms. The molecule has 0 aromatic rings. The highest BCUT2D eigenvalue weighted by atomic mass is 32.2. The Morgan fingerprint density at radius 2 is 2.20 bits per heavy atom. The summed E-state index contributed by atoms with van der Waals surface area (Å²) in [5.41, 5.74) is 0. The summed E-state index contributed by atoms with van der Waals surface area (Å²) in [7, 11) is 0. The van der Waals surface area contributed by atoms with Gasteiger partial charge in [0.25, 0.3) is 5.91 Å². The van der Waals surface area contributed by atoms with Gasteiger partial charge in [-0.2, -0.15) is 11.8 Å². The fourth-order valence-corrected chi connectivity index (χ4v) is 2.01. The van der Waals surface area contributed by atoms with Gasteiger partial charge < -0.3 is 5.32 Å². The van der Waals surface area contributed by atoms with Crippen LogP contribution in [0.3, 0.4) is 0 Å². The van der Waals surface area contributed by atoms with E-state index >= 15 is 0 Å². The molecule has 0 radical (unpaired) electrons. The minimum absolute atomic E-state index is 0.0532. The van der Waals surface area contributed by atoms with Gasteiger partial charge in [0.2, 0.25) is 0 Å². The lowest BCUT2D eigenvalue weighted by atomic mass is 10.2. The maximum Gasteiger partial charge on any atom is 0.324 e. The molecule has 1 unspecified atom stereocenters. The topological polar surface area (TPSA) is 49.4 Å². The standard InChI is InChI=1S/C10H18N2O2S/c1-3-4-6-12-9(13)8(5-7-15-2)11-10(12)14/h8H,3-7H2,1-2H3,(H,11,14). The molecule has 0 spiro atoms. The smallest absolute Gasteiger partial charge is 0.324 e. The molecule has 1 N–H and O–H groups in total. The third-order valence-electron chi connectivity index (χ3n) is 2.45. The largest absolute Gasteiger partial charge is 0.326 e. The fourth-order valence-electron chi connectivity index (χ4n) is 1.54. The highest BCUT2D eigenvalue weighted by Gasteiger charge is 2.36. The van der Waals surface area contributed by atoms with Crippen LogP contribution in [0.5, 0.6) is 0 Å². The van der Waals surface area contributed by atoms with Gasteiger partial charge in [-0.05, 0) is 24.9 Å². The van der Waals surface area contributed by atoms with Crippen LogP contribution in [0.2, 0.25) is 0 Å². The van der Waals surface area contributed by atoms with Gasteiger partial charge in [0.15, 0.2) is 0 Å². The van der Waals surface area contributed by atoms with E-state index in [0.717, 1.165) is 25.0 Å². The fraction of sp³-hybridized carbons (Fsp3) is 0.800. The number of imide groups is 1. The molecule has 0 saturated carbocycles. The molecule has 0 aromatic carbocycles. The van der Waals surface area contributed by atoms with Crippen molar-refractivity contribution >= 4 is 23.7 Å². The molecular weight excluding hydrogens is 212 g/mol. The molecule has 5 heteroatoms. The Morgan fingerprint density at radius 1 is 1.47 bits per heavy atom. The van der Waals surface area contributed by atoms with Crippen molar-refractivity contribution in [1.29, 1.82) is 0 Å². The van der Waals surface area contributed by atoms with Crippen molar-refractivity contribution in [2.75, 3.05) is 18.6 Å². The van der Waals surface area contributed by atoms with Crippen LogP contribution in [0.4, 0.5) is 4.79 Å². The predicted molar refractivity (Wildman–Crippen MR) is 61.9 cm³/mol. The highest BCUT2D eigenvalue weighted by Crippen LogP contribution is 2.12. The van der Waals surface area contributed by atoms with Gasteiger partial charge >= 0.3 is 6.03 Å². The molecule has 1 fully saturated rings. The lowest BCUT2D eigenvalue weighted by Gasteiger charge is -2.11. The number of amides is 3. The number of rotatable bonds is 6. The first-order chi connectivity index (χ1) is 7.20. The quantitative estimate of drug-likeness (QED) is 0.703. The van der Waals surface area contributed by atoms with Gasteiger partial charge in [-0.15, -0.1) is 0 Å². The van der Waals surface area contributed by atoms with Crippen molar-refractivity contribution in [1.82, 2.24) is 10.2 Å². The first-order valence-electron chi connectivity index (χ1n) is 5.31. The second-order valence-corrected chi connectivity index (χ2v) is 4.61. The van der Waals surface area contributed by atoms with Gasteiger partial charge in [-0.3, -0.25) is 9.69 Å². The Morgan fingerprint density at radius 3 is 2.80 bits per heavy atom. The molecule has 3 amide bonds. The first kappa shape index (κ1) is 12.4. The van der Waals surface area contributed by atoms with E-state index in [9.17, 15) is 9.59 Å². The van der Waals surface area contributed by atoms with Crippen LogP contribution in [0.1, 0.15) is 26.2 Å². The molecule has 1 aliphatic rings. The number of nitrogens with zero attached hydrogens (tertiary/aromatic N) is 1. The monoisotopic (exact) mass is 230 g/mol. The summed E-state index contributed by atoms with van der Waals surface area (Å²) in [5, 5.41) is 2.72. The van der Waals surface area contributed by atoms with E-state index < -0.39 is 0 Å². The second-order valence-electron chi connectivity index (χ2n) is 3.63. The molecule has 1 rings (SSSR count). The maximum absolute atomic E-state index is 11.8. The number of carbonyl (C=O) groups excluding carboxylic acids is 2. The zero-order valence-corrected chi connectivity index (χ0v) is 10.1. The van der Waals surface area contributed by atoms with Crippen molar-refractivity contribution in [3.05, 3.63) is 0 Å². The normalized spacial score (nSPS) is 20.9. The lowest BCUT2D eigenvalue weighted by molar-refractivity contribution is -0.127. The Kier molecular flexibility index (Phi) is 4.94. The van der Waals surface area contributed by atoms with Crippen molar-refractivity contribution in [3.8, 4) is 0 Å². The van der Waals surface area contributed by atoms with Crippen molar-refractivity contribution in [2.24, 2.45) is 0 Å². The molecule has 4 nitrogen and oxygen atoms in total. The first-order valence-corrected chi connectivity index (χ1v) is 6.71. The van der Waals surface area contributed by atoms with Gasteiger partial charge in [-0.25, -0.2) is 4.79 Å². The van der Waals surface area contributed by atoms with E-state index in [2.05, 4.69) is 5.32 Å². The van der Waals surface area contributed by atoms with Crippen LogP contribution in [-0.2, 0) is 4.79 Å². The number of hydrogen-bond acceptors (Lipinski definition) is 3. The van der Waals surface area contributed by atoms with Crippen molar-refractivity contribution in [3.63, 3.8) is 0 Å². The molecule has 1 heterocycles.